The minimum absolute atomic E-state index is 0.232. The van der Waals surface area contributed by atoms with Crippen molar-refractivity contribution in [3.05, 3.63) is 56.2 Å². The summed E-state index contributed by atoms with van der Waals surface area (Å²) in [5.41, 5.74) is 0.977. The monoisotopic (exact) mass is 415 g/mol. The molecule has 0 spiro atoms. The van der Waals surface area contributed by atoms with Crippen LogP contribution in [0.1, 0.15) is 13.3 Å². The van der Waals surface area contributed by atoms with E-state index in [-0.39, 0.29) is 17.8 Å². The highest BCUT2D eigenvalue weighted by Gasteiger charge is 2.27. The molecular formula is C20H22ClN5O3. The van der Waals surface area contributed by atoms with E-state index < -0.39 is 0 Å². The van der Waals surface area contributed by atoms with E-state index in [1.54, 1.807) is 26.3 Å². The predicted molar refractivity (Wildman–Crippen MR) is 114 cm³/mol. The lowest BCUT2D eigenvalue weighted by atomic mass is 10.2. The lowest BCUT2D eigenvalue weighted by Gasteiger charge is -2.29. The van der Waals surface area contributed by atoms with Crippen LogP contribution < -0.4 is 20.9 Å². The van der Waals surface area contributed by atoms with Crippen molar-refractivity contribution in [2.75, 3.05) is 18.6 Å². The molecule has 1 aliphatic heterocycles. The van der Waals surface area contributed by atoms with Gasteiger partial charge >= 0.3 is 5.69 Å². The van der Waals surface area contributed by atoms with E-state index in [2.05, 4.69) is 4.98 Å². The average molecular weight is 416 g/mol. The smallest absolute Gasteiger partial charge is 0.332 e. The van der Waals surface area contributed by atoms with E-state index >= 15 is 0 Å². The summed E-state index contributed by atoms with van der Waals surface area (Å²) in [6.45, 7) is 3.47. The highest BCUT2D eigenvalue weighted by Crippen LogP contribution is 2.35. The molecule has 0 unspecified atom stereocenters. The van der Waals surface area contributed by atoms with Crippen LogP contribution in [0.4, 0.5) is 11.6 Å². The summed E-state index contributed by atoms with van der Waals surface area (Å²) in [5, 5.41) is 0.499. The molecular weight excluding hydrogens is 394 g/mol. The van der Waals surface area contributed by atoms with E-state index in [1.165, 1.54) is 9.13 Å². The zero-order valence-electron chi connectivity index (χ0n) is 16.6. The number of methoxy groups -OCH3 is 1. The number of rotatable bonds is 4. The zero-order chi connectivity index (χ0) is 20.7. The highest BCUT2D eigenvalue weighted by atomic mass is 35.5. The van der Waals surface area contributed by atoms with Crippen LogP contribution in [0.15, 0.2) is 39.9 Å². The number of hydrogen-bond donors (Lipinski definition) is 0. The van der Waals surface area contributed by atoms with Gasteiger partial charge in [0.1, 0.15) is 5.75 Å². The number of ether oxygens (including phenoxy) is 1. The lowest BCUT2D eigenvalue weighted by molar-refractivity contribution is 0.415. The molecule has 0 aliphatic carbocycles. The molecule has 3 aromatic rings. The fraction of sp³-hybridized carbons (Fsp3) is 0.350. The van der Waals surface area contributed by atoms with Crippen molar-refractivity contribution in [3.63, 3.8) is 0 Å². The van der Waals surface area contributed by atoms with Gasteiger partial charge in [-0.05, 0) is 31.5 Å². The normalized spacial score (nSPS) is 14.0. The summed E-state index contributed by atoms with van der Waals surface area (Å²) in [5.74, 6) is 1.22. The van der Waals surface area contributed by atoms with Crippen molar-refractivity contribution in [1.29, 1.82) is 0 Å². The summed E-state index contributed by atoms with van der Waals surface area (Å²) in [4.78, 5) is 32.5. The van der Waals surface area contributed by atoms with Gasteiger partial charge in [0, 0.05) is 32.4 Å². The number of anilines is 2. The standard InChI is InChI=1S/C20H22ClN5O3/c1-4-5-9-26-18(27)16-17(23(2)20(26)28)22-19-24(10-6-11-25(16)19)13-7-8-15(29-3)14(21)12-13/h4-5,7-8,12H,6,9-11H2,1-3H3. The van der Waals surface area contributed by atoms with E-state index in [0.717, 1.165) is 18.7 Å². The number of nitrogens with zero attached hydrogens (tertiary/aromatic N) is 5. The van der Waals surface area contributed by atoms with Gasteiger partial charge in [-0.1, -0.05) is 23.8 Å². The minimum Gasteiger partial charge on any atom is -0.495 e. The number of imidazole rings is 1. The number of benzene rings is 1. The molecule has 1 aromatic carbocycles. The maximum absolute atomic E-state index is 13.1. The SMILES string of the molecule is CC=CCn1c(=O)c2c(nc3n2CCCN3c2ccc(OC)c(Cl)c2)n(C)c1=O. The Morgan fingerprint density at radius 1 is 1.28 bits per heavy atom. The van der Waals surface area contributed by atoms with Crippen LogP contribution >= 0.6 is 11.6 Å². The molecule has 9 heteroatoms. The van der Waals surface area contributed by atoms with E-state index in [9.17, 15) is 9.59 Å². The molecule has 0 fully saturated rings. The van der Waals surface area contributed by atoms with Gasteiger partial charge in [-0.15, -0.1) is 0 Å². The molecule has 0 bridgehead atoms. The number of aryl methyl sites for hydroxylation is 2. The molecule has 152 valence electrons. The van der Waals surface area contributed by atoms with Gasteiger partial charge in [0.25, 0.3) is 5.56 Å². The fourth-order valence-electron chi connectivity index (χ4n) is 3.70. The Morgan fingerprint density at radius 3 is 2.76 bits per heavy atom. The first-order valence-corrected chi connectivity index (χ1v) is 9.78. The van der Waals surface area contributed by atoms with E-state index in [1.807, 2.05) is 34.6 Å². The first-order chi connectivity index (χ1) is 14.0. The van der Waals surface area contributed by atoms with Crippen LogP contribution in [0, 0.1) is 0 Å². The second kappa shape index (κ2) is 7.44. The molecule has 4 rings (SSSR count). The second-order valence-corrected chi connectivity index (χ2v) is 7.29. The van der Waals surface area contributed by atoms with Crippen molar-refractivity contribution in [2.24, 2.45) is 7.05 Å². The fourth-order valence-corrected chi connectivity index (χ4v) is 3.96. The van der Waals surface area contributed by atoms with Crippen LogP contribution in [-0.4, -0.2) is 32.3 Å². The molecule has 0 N–H and O–H groups in total. The van der Waals surface area contributed by atoms with Crippen LogP contribution in [0.5, 0.6) is 5.75 Å². The highest BCUT2D eigenvalue weighted by molar-refractivity contribution is 6.32. The Labute approximate surface area is 172 Å². The van der Waals surface area contributed by atoms with Gasteiger partial charge in [-0.3, -0.25) is 13.9 Å². The number of hydrogen-bond acceptors (Lipinski definition) is 5. The first kappa shape index (κ1) is 19.3. The van der Waals surface area contributed by atoms with Crippen molar-refractivity contribution in [1.82, 2.24) is 18.7 Å². The number of fused-ring (bicyclic) bond motifs is 3. The van der Waals surface area contributed by atoms with Crippen molar-refractivity contribution in [2.45, 2.75) is 26.4 Å². The predicted octanol–water partition coefficient (Wildman–Crippen LogP) is 2.68. The van der Waals surface area contributed by atoms with Gasteiger partial charge in [0.15, 0.2) is 11.2 Å². The molecule has 2 aromatic heterocycles. The van der Waals surface area contributed by atoms with Gasteiger partial charge < -0.3 is 14.2 Å². The number of allylic oxidation sites excluding steroid dienone is 2. The van der Waals surface area contributed by atoms with Crippen LogP contribution in [0.2, 0.25) is 5.02 Å². The molecule has 1 aliphatic rings. The van der Waals surface area contributed by atoms with Crippen LogP contribution in [-0.2, 0) is 20.1 Å². The topological polar surface area (TPSA) is 74.3 Å². The van der Waals surface area contributed by atoms with Gasteiger partial charge in [-0.25, -0.2) is 4.79 Å². The summed E-state index contributed by atoms with van der Waals surface area (Å²) in [7, 11) is 3.21. The summed E-state index contributed by atoms with van der Waals surface area (Å²) in [6.07, 6.45) is 4.43. The van der Waals surface area contributed by atoms with E-state index in [4.69, 9.17) is 16.3 Å². The first-order valence-electron chi connectivity index (χ1n) is 9.40. The third-order valence-corrected chi connectivity index (χ3v) is 5.48. The second-order valence-electron chi connectivity index (χ2n) is 6.89. The third-order valence-electron chi connectivity index (χ3n) is 5.19. The van der Waals surface area contributed by atoms with Gasteiger partial charge in [-0.2, -0.15) is 4.98 Å². The lowest BCUT2D eigenvalue weighted by Crippen LogP contribution is -2.39. The van der Waals surface area contributed by atoms with Crippen molar-refractivity contribution < 1.29 is 4.74 Å². The minimum atomic E-state index is -0.380. The van der Waals surface area contributed by atoms with Gasteiger partial charge in [0.2, 0.25) is 5.95 Å². The molecule has 3 heterocycles. The summed E-state index contributed by atoms with van der Waals surface area (Å²) >= 11 is 6.31. The summed E-state index contributed by atoms with van der Waals surface area (Å²) in [6, 6.07) is 5.53. The third kappa shape index (κ3) is 3.04. The Hall–Kier alpha value is -3.00. The number of halogens is 1. The van der Waals surface area contributed by atoms with Crippen LogP contribution in [0.3, 0.4) is 0 Å². The molecule has 0 atom stereocenters. The molecule has 0 radical (unpaired) electrons. The molecule has 29 heavy (non-hydrogen) atoms. The summed E-state index contributed by atoms with van der Waals surface area (Å²) < 4.78 is 9.80. The largest absolute Gasteiger partial charge is 0.495 e. The quantitative estimate of drug-likeness (QED) is 0.612. The van der Waals surface area contributed by atoms with Crippen molar-refractivity contribution >= 4 is 34.4 Å². The van der Waals surface area contributed by atoms with Gasteiger partial charge in [0.05, 0.1) is 12.1 Å². The van der Waals surface area contributed by atoms with Crippen molar-refractivity contribution in [3.8, 4) is 5.75 Å². The Bertz CT molecular complexity index is 1240. The number of aromatic nitrogens is 4. The Morgan fingerprint density at radius 2 is 2.07 bits per heavy atom. The average Bonchev–Trinajstić information content (AvgIpc) is 3.12. The maximum atomic E-state index is 13.1. The van der Waals surface area contributed by atoms with Crippen LogP contribution in [0.25, 0.3) is 11.2 Å². The molecule has 0 saturated carbocycles. The maximum Gasteiger partial charge on any atom is 0.332 e. The van der Waals surface area contributed by atoms with E-state index in [0.29, 0.717) is 34.4 Å². The Kier molecular flexibility index (Phi) is 4.96. The zero-order valence-corrected chi connectivity index (χ0v) is 17.3. The Balaban J connectivity index is 1.93. The molecule has 0 amide bonds. The molecule has 0 saturated heterocycles. The molecule has 8 nitrogen and oxygen atoms in total.